The number of nitrogens with zero attached hydrogens (tertiary/aromatic N) is 1. The Labute approximate surface area is 133 Å². The molecule has 0 aromatic heterocycles. The van der Waals surface area contributed by atoms with E-state index in [0.29, 0.717) is 0 Å². The number of benzene rings is 2. The Bertz CT molecular complexity index is 714. The predicted molar refractivity (Wildman–Crippen MR) is 84.5 cm³/mol. The van der Waals surface area contributed by atoms with Crippen molar-refractivity contribution in [2.45, 2.75) is 19.9 Å². The van der Waals surface area contributed by atoms with Gasteiger partial charge in [-0.3, -0.25) is 14.9 Å². The molecule has 120 valence electrons. The number of nitrogens with one attached hydrogen (secondary N) is 1. The number of rotatable bonds is 5. The van der Waals surface area contributed by atoms with E-state index >= 15 is 0 Å². The van der Waals surface area contributed by atoms with Crippen LogP contribution >= 0.6 is 0 Å². The van der Waals surface area contributed by atoms with Crippen molar-refractivity contribution in [1.82, 2.24) is 5.32 Å². The van der Waals surface area contributed by atoms with Crippen LogP contribution in [-0.2, 0) is 0 Å². The number of carbonyl (C=O) groups excluding carboxylic acids is 1. The standard InChI is InChI=1S/C17H17FN2O3/c1-11(2)16(12-6-8-14(18)9-7-12)19-17(21)13-4-3-5-15(10-13)20(22)23/h3-11,16H,1-2H3,(H,19,21)/t16-/m0/s1. The summed E-state index contributed by atoms with van der Waals surface area (Å²) in [5, 5.41) is 13.6. The number of halogens is 1. The monoisotopic (exact) mass is 316 g/mol. The van der Waals surface area contributed by atoms with Gasteiger partial charge in [-0.25, -0.2) is 4.39 Å². The fourth-order valence-corrected chi connectivity index (χ4v) is 2.29. The van der Waals surface area contributed by atoms with Crippen LogP contribution in [0.2, 0.25) is 0 Å². The average Bonchev–Trinajstić information content (AvgIpc) is 2.53. The van der Waals surface area contributed by atoms with E-state index in [4.69, 9.17) is 0 Å². The number of amides is 1. The molecule has 0 unspecified atom stereocenters. The second-order valence-corrected chi connectivity index (χ2v) is 5.55. The van der Waals surface area contributed by atoms with Gasteiger partial charge >= 0.3 is 0 Å². The average molecular weight is 316 g/mol. The highest BCUT2D eigenvalue weighted by Crippen LogP contribution is 2.23. The van der Waals surface area contributed by atoms with Gasteiger partial charge in [0.25, 0.3) is 11.6 Å². The molecule has 1 amide bonds. The van der Waals surface area contributed by atoms with Crippen LogP contribution in [0.3, 0.4) is 0 Å². The lowest BCUT2D eigenvalue weighted by Gasteiger charge is -2.23. The van der Waals surface area contributed by atoms with Gasteiger partial charge in [0.15, 0.2) is 0 Å². The molecule has 0 bridgehead atoms. The van der Waals surface area contributed by atoms with Crippen molar-refractivity contribution in [2.24, 2.45) is 5.92 Å². The summed E-state index contributed by atoms with van der Waals surface area (Å²) >= 11 is 0. The number of nitro groups is 1. The molecule has 0 spiro atoms. The smallest absolute Gasteiger partial charge is 0.270 e. The molecule has 1 N–H and O–H groups in total. The van der Waals surface area contributed by atoms with Gasteiger partial charge < -0.3 is 5.32 Å². The van der Waals surface area contributed by atoms with Crippen LogP contribution in [0.15, 0.2) is 48.5 Å². The molecule has 0 aliphatic carbocycles. The normalized spacial score (nSPS) is 12.0. The van der Waals surface area contributed by atoms with Crippen LogP contribution in [0, 0.1) is 21.8 Å². The third-order valence-electron chi connectivity index (χ3n) is 3.50. The first-order chi connectivity index (χ1) is 10.9. The van der Waals surface area contributed by atoms with Gasteiger partial charge in [-0.1, -0.05) is 32.0 Å². The fraction of sp³-hybridized carbons (Fsp3) is 0.235. The topological polar surface area (TPSA) is 72.2 Å². The van der Waals surface area contributed by atoms with Crippen LogP contribution in [-0.4, -0.2) is 10.8 Å². The zero-order chi connectivity index (χ0) is 17.0. The minimum absolute atomic E-state index is 0.0723. The molecule has 2 aromatic carbocycles. The molecular weight excluding hydrogens is 299 g/mol. The van der Waals surface area contributed by atoms with Crippen LogP contribution in [0.4, 0.5) is 10.1 Å². The maximum absolute atomic E-state index is 13.0. The van der Waals surface area contributed by atoms with Crippen LogP contribution < -0.4 is 5.32 Å². The van der Waals surface area contributed by atoms with Crippen LogP contribution in [0.1, 0.15) is 35.8 Å². The molecule has 0 radical (unpaired) electrons. The van der Waals surface area contributed by atoms with Crippen molar-refractivity contribution in [3.63, 3.8) is 0 Å². The number of carbonyl (C=O) groups is 1. The van der Waals surface area contributed by atoms with Crippen LogP contribution in [0.25, 0.3) is 0 Å². The summed E-state index contributed by atoms with van der Waals surface area (Å²) in [4.78, 5) is 22.6. The van der Waals surface area contributed by atoms with Crippen LogP contribution in [0.5, 0.6) is 0 Å². The number of non-ortho nitro benzene ring substituents is 1. The molecule has 0 aliphatic rings. The van der Waals surface area contributed by atoms with E-state index in [0.717, 1.165) is 5.56 Å². The van der Waals surface area contributed by atoms with E-state index in [-0.39, 0.29) is 29.0 Å². The first-order valence-corrected chi connectivity index (χ1v) is 7.19. The Hall–Kier alpha value is -2.76. The molecule has 0 saturated heterocycles. The minimum atomic E-state index is -0.545. The molecule has 0 fully saturated rings. The van der Waals surface area contributed by atoms with E-state index in [9.17, 15) is 19.3 Å². The molecule has 23 heavy (non-hydrogen) atoms. The lowest BCUT2D eigenvalue weighted by molar-refractivity contribution is -0.384. The van der Waals surface area contributed by atoms with Gasteiger partial charge in [-0.15, -0.1) is 0 Å². The van der Waals surface area contributed by atoms with E-state index < -0.39 is 10.8 Å². The highest BCUT2D eigenvalue weighted by molar-refractivity contribution is 5.95. The van der Waals surface area contributed by atoms with Crippen molar-refractivity contribution >= 4 is 11.6 Å². The van der Waals surface area contributed by atoms with Crippen molar-refractivity contribution in [3.05, 3.63) is 75.6 Å². The van der Waals surface area contributed by atoms with Crippen molar-refractivity contribution in [1.29, 1.82) is 0 Å². The molecule has 0 heterocycles. The Balaban J connectivity index is 2.23. The maximum atomic E-state index is 13.0. The molecule has 1 atom stereocenters. The summed E-state index contributed by atoms with van der Waals surface area (Å²) < 4.78 is 13.0. The number of hydrogen-bond acceptors (Lipinski definition) is 3. The zero-order valence-electron chi connectivity index (χ0n) is 12.8. The zero-order valence-corrected chi connectivity index (χ0v) is 12.8. The quantitative estimate of drug-likeness (QED) is 0.672. The third-order valence-corrected chi connectivity index (χ3v) is 3.50. The van der Waals surface area contributed by atoms with E-state index in [2.05, 4.69) is 5.32 Å². The lowest BCUT2D eigenvalue weighted by atomic mass is 9.95. The van der Waals surface area contributed by atoms with Gasteiger partial charge in [0, 0.05) is 17.7 Å². The Morgan fingerprint density at radius 2 is 1.83 bits per heavy atom. The summed E-state index contributed by atoms with van der Waals surface area (Å²) in [6.45, 7) is 3.86. The van der Waals surface area contributed by atoms with Gasteiger partial charge in [0.1, 0.15) is 5.82 Å². The second kappa shape index (κ2) is 7.00. The van der Waals surface area contributed by atoms with Crippen molar-refractivity contribution in [3.8, 4) is 0 Å². The van der Waals surface area contributed by atoms with E-state index in [1.165, 1.54) is 36.4 Å². The van der Waals surface area contributed by atoms with E-state index in [1.807, 2.05) is 13.8 Å². The SMILES string of the molecule is CC(C)[C@H](NC(=O)c1cccc([N+](=O)[O-])c1)c1ccc(F)cc1. The summed E-state index contributed by atoms with van der Waals surface area (Å²) in [5.41, 5.74) is 0.854. The first-order valence-electron chi connectivity index (χ1n) is 7.19. The second-order valence-electron chi connectivity index (χ2n) is 5.55. The van der Waals surface area contributed by atoms with Crippen molar-refractivity contribution in [2.75, 3.05) is 0 Å². The lowest BCUT2D eigenvalue weighted by Crippen LogP contribution is -2.31. The molecule has 2 aromatic rings. The third kappa shape index (κ3) is 4.12. The largest absolute Gasteiger partial charge is 0.345 e. The molecule has 5 nitrogen and oxygen atoms in total. The van der Waals surface area contributed by atoms with Gasteiger partial charge in [0.2, 0.25) is 0 Å². The minimum Gasteiger partial charge on any atom is -0.345 e. The maximum Gasteiger partial charge on any atom is 0.270 e. The Kier molecular flexibility index (Phi) is 5.05. The number of nitro benzene ring substituents is 1. The summed E-state index contributed by atoms with van der Waals surface area (Å²) in [6, 6.07) is 11.1. The summed E-state index contributed by atoms with van der Waals surface area (Å²) in [6.07, 6.45) is 0. The Morgan fingerprint density at radius 1 is 1.17 bits per heavy atom. The van der Waals surface area contributed by atoms with E-state index in [1.54, 1.807) is 12.1 Å². The van der Waals surface area contributed by atoms with Gasteiger partial charge in [0.05, 0.1) is 11.0 Å². The molecule has 0 saturated carbocycles. The van der Waals surface area contributed by atoms with Gasteiger partial charge in [-0.2, -0.15) is 0 Å². The molecular formula is C17H17FN2O3. The fourth-order valence-electron chi connectivity index (χ4n) is 2.29. The Morgan fingerprint density at radius 3 is 2.39 bits per heavy atom. The summed E-state index contributed by atoms with van der Waals surface area (Å²) in [5.74, 6) is -0.680. The summed E-state index contributed by atoms with van der Waals surface area (Å²) in [7, 11) is 0. The van der Waals surface area contributed by atoms with Crippen molar-refractivity contribution < 1.29 is 14.1 Å². The first kappa shape index (κ1) is 16.6. The highest BCUT2D eigenvalue weighted by atomic mass is 19.1. The molecule has 2 rings (SSSR count). The highest BCUT2D eigenvalue weighted by Gasteiger charge is 2.20. The molecule has 0 aliphatic heterocycles. The molecule has 6 heteroatoms. The predicted octanol–water partition coefficient (Wildman–Crippen LogP) is 3.86. The van der Waals surface area contributed by atoms with Gasteiger partial charge in [-0.05, 0) is 29.7 Å². The number of hydrogen-bond donors (Lipinski definition) is 1.